The van der Waals surface area contributed by atoms with Crippen LogP contribution in [0.5, 0.6) is 0 Å². The van der Waals surface area contributed by atoms with Gasteiger partial charge in [-0.1, -0.05) is 23.8 Å². The van der Waals surface area contributed by atoms with Crippen molar-refractivity contribution < 1.29 is 0 Å². The third-order valence-electron chi connectivity index (χ3n) is 4.37. The molecule has 1 atom stereocenters. The predicted molar refractivity (Wildman–Crippen MR) is 80.3 cm³/mol. The third kappa shape index (κ3) is 2.75. The van der Waals surface area contributed by atoms with Crippen LogP contribution < -0.4 is 5.32 Å². The van der Waals surface area contributed by atoms with Crippen LogP contribution in [0.2, 0.25) is 0 Å². The van der Waals surface area contributed by atoms with Gasteiger partial charge in [-0.25, -0.2) is 0 Å². The maximum absolute atomic E-state index is 3.83. The molecule has 0 saturated carbocycles. The van der Waals surface area contributed by atoms with Crippen LogP contribution in [0.1, 0.15) is 42.0 Å². The minimum absolute atomic E-state index is 0.620. The minimum atomic E-state index is 0.620. The van der Waals surface area contributed by atoms with Crippen molar-refractivity contribution in [2.45, 2.75) is 38.6 Å². The molecule has 0 bridgehead atoms. The number of thioether (sulfide) groups is 1. The molecule has 18 heavy (non-hydrogen) atoms. The Bertz CT molecular complexity index is 410. The number of hydrogen-bond acceptors (Lipinski definition) is 2. The molecule has 0 aromatic heterocycles. The molecule has 1 unspecified atom stereocenters. The summed E-state index contributed by atoms with van der Waals surface area (Å²) in [5, 5.41) is 3.83. The Balaban J connectivity index is 1.60. The smallest absolute Gasteiger partial charge is 0.0326 e. The monoisotopic (exact) mass is 261 g/mol. The second kappa shape index (κ2) is 5.66. The number of benzene rings is 1. The van der Waals surface area contributed by atoms with Gasteiger partial charge in [0.25, 0.3) is 0 Å². The highest BCUT2D eigenvalue weighted by Crippen LogP contribution is 2.32. The molecule has 1 aromatic rings. The zero-order valence-corrected chi connectivity index (χ0v) is 12.1. The number of hydrogen-bond donors (Lipinski definition) is 1. The second-order valence-corrected chi connectivity index (χ2v) is 6.98. The van der Waals surface area contributed by atoms with Crippen molar-refractivity contribution >= 4 is 11.8 Å². The van der Waals surface area contributed by atoms with Crippen LogP contribution in [0.3, 0.4) is 0 Å². The normalized spacial score (nSPS) is 24.2. The molecule has 1 fully saturated rings. The van der Waals surface area contributed by atoms with Crippen LogP contribution in [0.4, 0.5) is 0 Å². The highest BCUT2D eigenvalue weighted by Gasteiger charge is 2.23. The molecule has 1 N–H and O–H groups in total. The lowest BCUT2D eigenvalue weighted by Gasteiger charge is -2.24. The Labute approximate surface area is 115 Å². The van der Waals surface area contributed by atoms with Crippen molar-refractivity contribution in [2.75, 3.05) is 18.1 Å². The van der Waals surface area contributed by atoms with E-state index in [1.54, 1.807) is 11.1 Å². The molecule has 1 heterocycles. The first kappa shape index (κ1) is 12.6. The standard InChI is InChI=1S/C16H23NS/c1-12-2-3-14-4-5-16(15(14)10-12)17-11-13-6-8-18-9-7-13/h2-3,10,13,16-17H,4-9,11H2,1H3. The van der Waals surface area contributed by atoms with Crippen LogP contribution in [-0.2, 0) is 6.42 Å². The van der Waals surface area contributed by atoms with Gasteiger partial charge in [-0.05, 0) is 67.7 Å². The maximum Gasteiger partial charge on any atom is 0.0326 e. The van der Waals surface area contributed by atoms with E-state index in [4.69, 9.17) is 0 Å². The van der Waals surface area contributed by atoms with Gasteiger partial charge in [0.1, 0.15) is 0 Å². The molecular weight excluding hydrogens is 238 g/mol. The van der Waals surface area contributed by atoms with E-state index in [2.05, 4.69) is 42.2 Å². The average Bonchev–Trinajstić information content (AvgIpc) is 2.80. The van der Waals surface area contributed by atoms with Crippen molar-refractivity contribution in [2.24, 2.45) is 5.92 Å². The zero-order chi connectivity index (χ0) is 12.4. The zero-order valence-electron chi connectivity index (χ0n) is 11.2. The molecule has 98 valence electrons. The molecule has 1 aliphatic heterocycles. The van der Waals surface area contributed by atoms with Gasteiger partial charge in [0.2, 0.25) is 0 Å². The lowest BCUT2D eigenvalue weighted by molar-refractivity contribution is 0.409. The van der Waals surface area contributed by atoms with Gasteiger partial charge in [-0.3, -0.25) is 0 Å². The Morgan fingerprint density at radius 3 is 2.89 bits per heavy atom. The minimum Gasteiger partial charge on any atom is -0.310 e. The quantitative estimate of drug-likeness (QED) is 0.890. The topological polar surface area (TPSA) is 12.0 Å². The average molecular weight is 261 g/mol. The van der Waals surface area contributed by atoms with E-state index in [1.165, 1.54) is 49.3 Å². The fourth-order valence-electron chi connectivity index (χ4n) is 3.19. The van der Waals surface area contributed by atoms with Gasteiger partial charge in [0.15, 0.2) is 0 Å². The summed E-state index contributed by atoms with van der Waals surface area (Å²) >= 11 is 2.12. The van der Waals surface area contributed by atoms with E-state index in [-0.39, 0.29) is 0 Å². The number of fused-ring (bicyclic) bond motifs is 1. The van der Waals surface area contributed by atoms with E-state index in [0.717, 1.165) is 5.92 Å². The lowest BCUT2D eigenvalue weighted by atomic mass is 10.0. The summed E-state index contributed by atoms with van der Waals surface area (Å²) in [5.41, 5.74) is 4.54. The first-order chi connectivity index (χ1) is 8.83. The Morgan fingerprint density at radius 1 is 1.22 bits per heavy atom. The molecule has 0 amide bonds. The first-order valence-electron chi connectivity index (χ1n) is 7.23. The summed E-state index contributed by atoms with van der Waals surface area (Å²) in [7, 11) is 0. The summed E-state index contributed by atoms with van der Waals surface area (Å²) in [6, 6.07) is 7.58. The van der Waals surface area contributed by atoms with Crippen molar-refractivity contribution in [1.82, 2.24) is 5.32 Å². The van der Waals surface area contributed by atoms with E-state index < -0.39 is 0 Å². The Hall–Kier alpha value is -0.470. The van der Waals surface area contributed by atoms with Gasteiger partial charge in [0.05, 0.1) is 0 Å². The number of aryl methyl sites for hydroxylation is 2. The first-order valence-corrected chi connectivity index (χ1v) is 8.39. The van der Waals surface area contributed by atoms with Crippen LogP contribution in [0.25, 0.3) is 0 Å². The molecule has 1 saturated heterocycles. The van der Waals surface area contributed by atoms with Gasteiger partial charge < -0.3 is 5.32 Å². The van der Waals surface area contributed by atoms with E-state index in [1.807, 2.05) is 0 Å². The van der Waals surface area contributed by atoms with Gasteiger partial charge >= 0.3 is 0 Å². The molecular formula is C16H23NS. The molecule has 1 aromatic carbocycles. The molecule has 0 spiro atoms. The second-order valence-electron chi connectivity index (χ2n) is 5.76. The molecule has 3 rings (SSSR count). The van der Waals surface area contributed by atoms with E-state index in [9.17, 15) is 0 Å². The van der Waals surface area contributed by atoms with Crippen molar-refractivity contribution in [3.8, 4) is 0 Å². The third-order valence-corrected chi connectivity index (χ3v) is 5.42. The molecule has 1 nitrogen and oxygen atoms in total. The summed E-state index contributed by atoms with van der Waals surface area (Å²) in [4.78, 5) is 0. The maximum atomic E-state index is 3.83. The van der Waals surface area contributed by atoms with E-state index in [0.29, 0.717) is 6.04 Å². The van der Waals surface area contributed by atoms with Crippen molar-refractivity contribution in [3.63, 3.8) is 0 Å². The summed E-state index contributed by atoms with van der Waals surface area (Å²) < 4.78 is 0. The summed E-state index contributed by atoms with van der Waals surface area (Å²) in [6.45, 7) is 3.42. The van der Waals surface area contributed by atoms with Gasteiger partial charge in [-0.15, -0.1) is 0 Å². The highest BCUT2D eigenvalue weighted by molar-refractivity contribution is 7.99. The predicted octanol–water partition coefficient (Wildman–Crippen LogP) is 3.72. The van der Waals surface area contributed by atoms with Crippen LogP contribution >= 0.6 is 11.8 Å². The van der Waals surface area contributed by atoms with Gasteiger partial charge in [-0.2, -0.15) is 11.8 Å². The van der Waals surface area contributed by atoms with Crippen LogP contribution in [-0.4, -0.2) is 18.1 Å². The summed E-state index contributed by atoms with van der Waals surface area (Å²) in [5.74, 6) is 3.65. The summed E-state index contributed by atoms with van der Waals surface area (Å²) in [6.07, 6.45) is 5.37. The number of nitrogens with one attached hydrogen (secondary N) is 1. The lowest BCUT2D eigenvalue weighted by Crippen LogP contribution is -2.28. The fourth-order valence-corrected chi connectivity index (χ4v) is 4.40. The van der Waals surface area contributed by atoms with Crippen molar-refractivity contribution in [3.05, 3.63) is 34.9 Å². The Kier molecular flexibility index (Phi) is 3.95. The van der Waals surface area contributed by atoms with Gasteiger partial charge in [0, 0.05) is 6.04 Å². The van der Waals surface area contributed by atoms with Crippen LogP contribution in [0, 0.1) is 12.8 Å². The highest BCUT2D eigenvalue weighted by atomic mass is 32.2. The molecule has 2 heteroatoms. The SMILES string of the molecule is Cc1ccc2c(c1)C(NCC1CCSCC1)CC2. The Morgan fingerprint density at radius 2 is 2.06 bits per heavy atom. The van der Waals surface area contributed by atoms with Crippen LogP contribution in [0.15, 0.2) is 18.2 Å². The molecule has 0 radical (unpaired) electrons. The molecule has 2 aliphatic rings. The molecule has 1 aliphatic carbocycles. The largest absolute Gasteiger partial charge is 0.310 e. The van der Waals surface area contributed by atoms with E-state index >= 15 is 0 Å². The number of rotatable bonds is 3. The fraction of sp³-hybridized carbons (Fsp3) is 0.625. The van der Waals surface area contributed by atoms with Crippen molar-refractivity contribution in [1.29, 1.82) is 0 Å².